The van der Waals surface area contributed by atoms with Crippen molar-refractivity contribution < 1.29 is 18.7 Å². The van der Waals surface area contributed by atoms with Crippen LogP contribution in [0.2, 0.25) is 0 Å². The number of hydrogen-bond donors (Lipinski definition) is 1. The Labute approximate surface area is 203 Å². The van der Waals surface area contributed by atoms with Crippen molar-refractivity contribution in [3.05, 3.63) is 82.0 Å². The van der Waals surface area contributed by atoms with Gasteiger partial charge in [-0.1, -0.05) is 18.2 Å². The van der Waals surface area contributed by atoms with Gasteiger partial charge >= 0.3 is 0 Å². The quantitative estimate of drug-likeness (QED) is 0.541. The van der Waals surface area contributed by atoms with Gasteiger partial charge in [0.2, 0.25) is 0 Å². The van der Waals surface area contributed by atoms with Crippen molar-refractivity contribution in [2.24, 2.45) is 0 Å². The van der Waals surface area contributed by atoms with Crippen LogP contribution in [0.5, 0.6) is 5.75 Å². The van der Waals surface area contributed by atoms with Crippen molar-refractivity contribution in [2.75, 3.05) is 45.2 Å². The van der Waals surface area contributed by atoms with Crippen molar-refractivity contribution in [1.82, 2.24) is 9.80 Å². The van der Waals surface area contributed by atoms with Gasteiger partial charge in [0, 0.05) is 38.3 Å². The number of carbonyl (C=O) groups excluding carboxylic acids is 2. The topological polar surface area (TPSA) is 61.9 Å². The highest BCUT2D eigenvalue weighted by Gasteiger charge is 2.25. The van der Waals surface area contributed by atoms with Gasteiger partial charge in [-0.15, -0.1) is 11.3 Å². The number of methoxy groups -OCH3 is 1. The number of aryl methyl sites for hydroxylation is 1. The summed E-state index contributed by atoms with van der Waals surface area (Å²) >= 11 is 1.26. The van der Waals surface area contributed by atoms with E-state index in [1.807, 2.05) is 24.0 Å². The number of hydrogen-bond acceptors (Lipinski definition) is 5. The molecule has 2 heterocycles. The lowest BCUT2D eigenvalue weighted by Crippen LogP contribution is -2.49. The number of nitrogens with one attached hydrogen (secondary N) is 1. The van der Waals surface area contributed by atoms with Crippen LogP contribution in [0.15, 0.2) is 54.6 Å². The maximum Gasteiger partial charge on any atom is 0.264 e. The Balaban J connectivity index is 1.29. The molecule has 0 saturated carbocycles. The molecule has 1 aliphatic rings. The van der Waals surface area contributed by atoms with Gasteiger partial charge in [0.15, 0.2) is 0 Å². The summed E-state index contributed by atoms with van der Waals surface area (Å²) < 4.78 is 18.6. The summed E-state index contributed by atoms with van der Waals surface area (Å²) in [5.41, 5.74) is 2.33. The molecule has 0 unspecified atom stereocenters. The second-order valence-corrected chi connectivity index (χ2v) is 9.37. The van der Waals surface area contributed by atoms with Crippen LogP contribution in [-0.2, 0) is 6.42 Å². The standard InChI is InChI=1S/C26H28FN3O3S/c1-18-16-23(28-25(31)20-4-3-5-21(27)17-20)34-24(18)26(32)30-14-12-29(13-15-30)11-10-19-6-8-22(33-2)9-7-19/h3-9,16-17H,10-15H2,1-2H3,(H,28,31). The first-order chi connectivity index (χ1) is 16.4. The zero-order valence-corrected chi connectivity index (χ0v) is 20.2. The summed E-state index contributed by atoms with van der Waals surface area (Å²) in [7, 11) is 1.66. The maximum atomic E-state index is 13.4. The Kier molecular flexibility index (Phi) is 7.59. The molecule has 1 fully saturated rings. The molecule has 1 aliphatic heterocycles. The normalized spacial score (nSPS) is 14.1. The maximum absolute atomic E-state index is 13.4. The predicted molar refractivity (Wildman–Crippen MR) is 132 cm³/mol. The Morgan fingerprint density at radius 3 is 2.47 bits per heavy atom. The van der Waals surface area contributed by atoms with Crippen LogP contribution in [-0.4, -0.2) is 61.4 Å². The number of nitrogens with zero attached hydrogens (tertiary/aromatic N) is 2. The first-order valence-corrected chi connectivity index (χ1v) is 12.1. The molecule has 4 rings (SSSR count). The molecule has 1 N–H and O–H groups in total. The van der Waals surface area contributed by atoms with Crippen molar-refractivity contribution in [3.63, 3.8) is 0 Å². The van der Waals surface area contributed by atoms with Crippen LogP contribution < -0.4 is 10.1 Å². The third-order valence-corrected chi connectivity index (χ3v) is 7.11. The van der Waals surface area contributed by atoms with Gasteiger partial charge in [-0.25, -0.2) is 4.39 Å². The van der Waals surface area contributed by atoms with Gasteiger partial charge in [0.25, 0.3) is 11.8 Å². The molecule has 0 radical (unpaired) electrons. The minimum atomic E-state index is -0.464. The molecule has 3 aromatic rings. The summed E-state index contributed by atoms with van der Waals surface area (Å²) in [5.74, 6) is -0.0146. The van der Waals surface area contributed by atoms with Gasteiger partial charge in [-0.3, -0.25) is 14.5 Å². The van der Waals surface area contributed by atoms with Gasteiger partial charge in [-0.05, 0) is 60.9 Å². The molecule has 2 aromatic carbocycles. The molecule has 1 saturated heterocycles. The zero-order valence-electron chi connectivity index (χ0n) is 19.3. The smallest absolute Gasteiger partial charge is 0.264 e. The SMILES string of the molecule is COc1ccc(CCN2CCN(C(=O)c3sc(NC(=O)c4cccc(F)c4)cc3C)CC2)cc1. The van der Waals surface area contributed by atoms with E-state index in [0.717, 1.165) is 37.4 Å². The fourth-order valence-corrected chi connectivity index (χ4v) is 5.00. The number of amides is 2. The van der Waals surface area contributed by atoms with Crippen molar-refractivity contribution in [2.45, 2.75) is 13.3 Å². The largest absolute Gasteiger partial charge is 0.497 e. The summed E-state index contributed by atoms with van der Waals surface area (Å²) in [4.78, 5) is 30.4. The number of anilines is 1. The molecular formula is C26H28FN3O3S. The number of rotatable bonds is 7. The van der Waals surface area contributed by atoms with Gasteiger partial charge in [0.1, 0.15) is 11.6 Å². The average Bonchev–Trinajstić information content (AvgIpc) is 3.22. The molecule has 34 heavy (non-hydrogen) atoms. The van der Waals surface area contributed by atoms with Gasteiger partial charge in [0.05, 0.1) is 17.0 Å². The summed E-state index contributed by atoms with van der Waals surface area (Å²) in [6, 6.07) is 15.5. The molecule has 0 atom stereocenters. The highest BCUT2D eigenvalue weighted by molar-refractivity contribution is 7.18. The molecule has 0 aliphatic carbocycles. The predicted octanol–water partition coefficient (Wildman–Crippen LogP) is 4.46. The highest BCUT2D eigenvalue weighted by atomic mass is 32.1. The lowest BCUT2D eigenvalue weighted by Gasteiger charge is -2.34. The average molecular weight is 482 g/mol. The van der Waals surface area contributed by atoms with Crippen LogP contribution in [0.3, 0.4) is 0 Å². The number of ether oxygens (including phenoxy) is 1. The summed E-state index contributed by atoms with van der Waals surface area (Å²) in [6.45, 7) is 5.81. The molecule has 1 aromatic heterocycles. The third-order valence-electron chi connectivity index (χ3n) is 5.97. The second-order valence-electron chi connectivity index (χ2n) is 8.32. The first kappa shape index (κ1) is 23.9. The fraction of sp³-hybridized carbons (Fsp3) is 0.308. The van der Waals surface area contributed by atoms with E-state index in [9.17, 15) is 14.0 Å². The number of piperazine rings is 1. The van der Waals surface area contributed by atoms with Crippen LogP contribution >= 0.6 is 11.3 Å². The van der Waals surface area contributed by atoms with Crippen LogP contribution in [0.4, 0.5) is 9.39 Å². The summed E-state index contributed by atoms with van der Waals surface area (Å²) in [6.07, 6.45) is 0.955. The van der Waals surface area contributed by atoms with E-state index in [1.165, 1.54) is 35.1 Å². The molecular weight excluding hydrogens is 453 g/mol. The molecule has 0 spiro atoms. The molecule has 6 nitrogen and oxygen atoms in total. The van der Waals surface area contributed by atoms with Crippen molar-refractivity contribution >= 4 is 28.2 Å². The van der Waals surface area contributed by atoms with Crippen molar-refractivity contribution in [1.29, 1.82) is 0 Å². The lowest BCUT2D eigenvalue weighted by molar-refractivity contribution is 0.0642. The van der Waals surface area contributed by atoms with Crippen LogP contribution in [0, 0.1) is 12.7 Å². The van der Waals surface area contributed by atoms with E-state index < -0.39 is 11.7 Å². The second kappa shape index (κ2) is 10.8. The lowest BCUT2D eigenvalue weighted by atomic mass is 10.1. The first-order valence-electron chi connectivity index (χ1n) is 11.2. The monoisotopic (exact) mass is 481 g/mol. The fourth-order valence-electron chi connectivity index (χ4n) is 3.97. The Morgan fingerprint density at radius 1 is 1.06 bits per heavy atom. The highest BCUT2D eigenvalue weighted by Crippen LogP contribution is 2.29. The van der Waals surface area contributed by atoms with Crippen LogP contribution in [0.1, 0.15) is 31.2 Å². The number of thiophene rings is 1. The summed E-state index contributed by atoms with van der Waals surface area (Å²) in [5, 5.41) is 3.35. The van der Waals surface area contributed by atoms with Gasteiger partial charge < -0.3 is 15.0 Å². The zero-order chi connectivity index (χ0) is 24.1. The molecule has 8 heteroatoms. The number of benzene rings is 2. The number of carbonyl (C=O) groups is 2. The van der Waals surface area contributed by atoms with E-state index >= 15 is 0 Å². The number of halogens is 1. The Bertz CT molecular complexity index is 1150. The molecule has 0 bridgehead atoms. The van der Waals surface area contributed by atoms with E-state index in [1.54, 1.807) is 19.2 Å². The molecule has 178 valence electrons. The molecule has 2 amide bonds. The van der Waals surface area contributed by atoms with Crippen molar-refractivity contribution in [3.8, 4) is 5.75 Å². The van der Waals surface area contributed by atoms with E-state index in [-0.39, 0.29) is 11.5 Å². The van der Waals surface area contributed by atoms with Crippen LogP contribution in [0.25, 0.3) is 0 Å². The Morgan fingerprint density at radius 2 is 1.79 bits per heavy atom. The van der Waals surface area contributed by atoms with E-state index in [4.69, 9.17) is 4.74 Å². The Hall–Kier alpha value is -3.23. The van der Waals surface area contributed by atoms with E-state index in [2.05, 4.69) is 22.3 Å². The van der Waals surface area contributed by atoms with E-state index in [0.29, 0.717) is 23.0 Å². The minimum absolute atomic E-state index is 0.0106. The minimum Gasteiger partial charge on any atom is -0.497 e. The third kappa shape index (κ3) is 5.81. The van der Waals surface area contributed by atoms with Gasteiger partial charge in [-0.2, -0.15) is 0 Å².